The summed E-state index contributed by atoms with van der Waals surface area (Å²) < 4.78 is 32.0. The van der Waals surface area contributed by atoms with E-state index in [1.54, 1.807) is 0 Å². The van der Waals surface area contributed by atoms with Crippen LogP contribution in [0, 0.1) is 0 Å². The maximum Gasteiger partial charge on any atom is 0.490 e. The van der Waals surface area contributed by atoms with Crippen molar-refractivity contribution in [3.05, 3.63) is 0 Å². The van der Waals surface area contributed by atoms with Gasteiger partial charge in [0, 0.05) is 4.58 Å². The average Bonchev–Trinajstić information content (AvgIpc) is 1.59. The molecule has 0 aromatic heterocycles. The average molecular weight is 226 g/mol. The Bertz CT molecular complexity index is 122. The Hall–Kier alpha value is -0.0800. The number of thiol groups is 2. The summed E-state index contributed by atoms with van der Waals surface area (Å²) in [5, 5.41) is 7.12. The predicted molar refractivity (Wildman–Crippen MR) is 44.7 cm³/mol. The molecular weight excluding hydrogens is 217 g/mol. The van der Waals surface area contributed by atoms with Gasteiger partial charge in [-0.1, -0.05) is 0 Å². The van der Waals surface area contributed by atoms with Gasteiger partial charge in [-0.15, -0.1) is 0 Å². The molecule has 76 valence electrons. The minimum absolute atomic E-state index is 0. The molecule has 0 aromatic rings. The molecule has 12 heavy (non-hydrogen) atoms. The van der Waals surface area contributed by atoms with Crippen molar-refractivity contribution in [2.24, 2.45) is 0 Å². The van der Waals surface area contributed by atoms with Crippen molar-refractivity contribution in [3.63, 3.8) is 0 Å². The fourth-order valence-corrected chi connectivity index (χ4v) is 0. The molecule has 0 aromatic carbocycles. The molecular formula is C4H9F3O3S2. The van der Waals surface area contributed by atoms with E-state index in [9.17, 15) is 13.2 Å². The second-order valence-electron chi connectivity index (χ2n) is 1.43. The van der Waals surface area contributed by atoms with E-state index in [4.69, 9.17) is 9.90 Å². The number of hydrogen-bond acceptors (Lipinski definition) is 3. The molecule has 3 N–H and O–H groups in total. The van der Waals surface area contributed by atoms with Gasteiger partial charge in [0.2, 0.25) is 0 Å². The van der Waals surface area contributed by atoms with Gasteiger partial charge in [-0.25, -0.2) is 4.79 Å². The molecule has 0 saturated heterocycles. The summed E-state index contributed by atoms with van der Waals surface area (Å²) in [6.45, 7) is 1.90. The number of carboxylic acid groups (broad SMARTS) is 1. The number of alkyl halides is 3. The van der Waals surface area contributed by atoms with Gasteiger partial charge in [0.1, 0.15) is 0 Å². The number of aliphatic carboxylic acids is 1. The zero-order valence-corrected chi connectivity index (χ0v) is 7.75. The van der Waals surface area contributed by atoms with Crippen LogP contribution in [0.4, 0.5) is 13.2 Å². The van der Waals surface area contributed by atoms with E-state index in [0.29, 0.717) is 0 Å². The topological polar surface area (TPSA) is 68.8 Å². The van der Waals surface area contributed by atoms with Crippen molar-refractivity contribution < 1.29 is 28.5 Å². The van der Waals surface area contributed by atoms with Gasteiger partial charge in [0.15, 0.2) is 0 Å². The zero-order chi connectivity index (χ0) is 9.65. The van der Waals surface area contributed by atoms with E-state index in [1.165, 1.54) is 0 Å². The summed E-state index contributed by atoms with van der Waals surface area (Å²) >= 11 is 7.66. The third-order valence-corrected chi connectivity index (χ3v) is 0.243. The summed E-state index contributed by atoms with van der Waals surface area (Å²) in [5.74, 6) is -2.76. The molecule has 0 saturated carbocycles. The molecule has 0 aliphatic carbocycles. The highest BCUT2D eigenvalue weighted by atomic mass is 32.2. The molecule has 0 unspecified atom stereocenters. The maximum atomic E-state index is 10.6. The van der Waals surface area contributed by atoms with Gasteiger partial charge in [-0.2, -0.15) is 38.4 Å². The first kappa shape index (κ1) is 17.9. The Morgan fingerprint density at radius 1 is 1.42 bits per heavy atom. The SMILES string of the molecule is CC(S)S.O.O=C(O)C(F)(F)F. The van der Waals surface area contributed by atoms with E-state index in [2.05, 4.69) is 25.3 Å². The number of carbonyl (C=O) groups is 1. The Kier molecular flexibility index (Phi) is 11.3. The molecule has 0 rings (SSSR count). The lowest BCUT2D eigenvalue weighted by Gasteiger charge is -1.93. The van der Waals surface area contributed by atoms with Crippen molar-refractivity contribution in [2.45, 2.75) is 17.7 Å². The van der Waals surface area contributed by atoms with Gasteiger partial charge in [0.25, 0.3) is 0 Å². The monoisotopic (exact) mass is 226 g/mol. The van der Waals surface area contributed by atoms with Crippen LogP contribution in [0.15, 0.2) is 0 Å². The minimum atomic E-state index is -5.08. The first-order chi connectivity index (χ1) is 4.68. The highest BCUT2D eigenvalue weighted by Gasteiger charge is 2.38. The van der Waals surface area contributed by atoms with Crippen molar-refractivity contribution in [2.75, 3.05) is 0 Å². The molecule has 0 aliphatic heterocycles. The number of rotatable bonds is 0. The molecule has 0 spiro atoms. The van der Waals surface area contributed by atoms with Crippen LogP contribution in [0.5, 0.6) is 0 Å². The first-order valence-electron chi connectivity index (χ1n) is 2.34. The molecule has 8 heteroatoms. The number of hydrogen-bond donors (Lipinski definition) is 3. The van der Waals surface area contributed by atoms with Gasteiger partial charge in [-0.3, -0.25) is 0 Å². The molecule has 0 atom stereocenters. The molecule has 0 fully saturated rings. The second kappa shape index (κ2) is 7.56. The Morgan fingerprint density at radius 2 is 1.50 bits per heavy atom. The van der Waals surface area contributed by atoms with E-state index in [0.717, 1.165) is 0 Å². The van der Waals surface area contributed by atoms with E-state index >= 15 is 0 Å². The third kappa shape index (κ3) is 22.5. The lowest BCUT2D eigenvalue weighted by Crippen LogP contribution is -2.21. The molecule has 0 amide bonds. The van der Waals surface area contributed by atoms with Crippen LogP contribution in [0.1, 0.15) is 6.92 Å². The Morgan fingerprint density at radius 3 is 1.50 bits per heavy atom. The van der Waals surface area contributed by atoms with Crippen molar-refractivity contribution in [1.29, 1.82) is 0 Å². The molecule has 0 bridgehead atoms. The van der Waals surface area contributed by atoms with Gasteiger partial charge in [-0.05, 0) is 6.92 Å². The van der Waals surface area contributed by atoms with E-state index < -0.39 is 12.1 Å². The highest BCUT2D eigenvalue weighted by molar-refractivity contribution is 7.99. The van der Waals surface area contributed by atoms with Crippen LogP contribution in [0.3, 0.4) is 0 Å². The summed E-state index contributed by atoms with van der Waals surface area (Å²) in [6, 6.07) is 0. The third-order valence-electron chi connectivity index (χ3n) is 0.243. The van der Waals surface area contributed by atoms with Gasteiger partial charge in [0.05, 0.1) is 0 Å². The minimum Gasteiger partial charge on any atom is -0.475 e. The van der Waals surface area contributed by atoms with Crippen molar-refractivity contribution in [3.8, 4) is 0 Å². The van der Waals surface area contributed by atoms with Crippen LogP contribution in [0.25, 0.3) is 0 Å². The fourth-order valence-electron chi connectivity index (χ4n) is 0. The van der Waals surface area contributed by atoms with Gasteiger partial charge >= 0.3 is 12.1 Å². The smallest absolute Gasteiger partial charge is 0.475 e. The van der Waals surface area contributed by atoms with Gasteiger partial charge < -0.3 is 10.6 Å². The maximum absolute atomic E-state index is 10.6. The van der Waals surface area contributed by atoms with E-state index in [1.807, 2.05) is 6.92 Å². The summed E-state index contributed by atoms with van der Waals surface area (Å²) in [6.07, 6.45) is -5.08. The molecule has 0 heterocycles. The normalized spacial score (nSPS) is 9.58. The van der Waals surface area contributed by atoms with Crippen molar-refractivity contribution in [1.82, 2.24) is 0 Å². The first-order valence-corrected chi connectivity index (χ1v) is 3.37. The predicted octanol–water partition coefficient (Wildman–Crippen LogP) is 1.00. The number of carboxylic acids is 1. The second-order valence-corrected chi connectivity index (χ2v) is 3.39. The molecule has 3 nitrogen and oxygen atoms in total. The summed E-state index contributed by atoms with van der Waals surface area (Å²) in [7, 11) is 0. The lowest BCUT2D eigenvalue weighted by molar-refractivity contribution is -0.192. The largest absolute Gasteiger partial charge is 0.490 e. The highest BCUT2D eigenvalue weighted by Crippen LogP contribution is 2.13. The molecule has 0 radical (unpaired) electrons. The lowest BCUT2D eigenvalue weighted by atomic mass is 10.7. The van der Waals surface area contributed by atoms with Crippen molar-refractivity contribution >= 4 is 31.2 Å². The standard InChI is InChI=1S/C2HF3O2.C2H6S2.H2O/c3-2(4,5)1(6)7;1-2(3)4;/h(H,6,7);2-4H,1H3;1H2. The quantitative estimate of drug-likeness (QED) is 0.426. The fraction of sp³-hybridized carbons (Fsp3) is 0.750. The molecule has 0 aliphatic rings. The van der Waals surface area contributed by atoms with E-state index in [-0.39, 0.29) is 10.1 Å². The van der Waals surface area contributed by atoms with Crippen LogP contribution in [-0.2, 0) is 4.79 Å². The summed E-state index contributed by atoms with van der Waals surface area (Å²) in [5.41, 5.74) is 0. The van der Waals surface area contributed by atoms with Crippen LogP contribution < -0.4 is 0 Å². The Balaban J connectivity index is -0.000000142. The summed E-state index contributed by atoms with van der Waals surface area (Å²) in [4.78, 5) is 8.90. The van der Waals surface area contributed by atoms with Crippen LogP contribution >= 0.6 is 25.3 Å². The zero-order valence-electron chi connectivity index (χ0n) is 5.96. The Labute approximate surface area is 78.1 Å². The van der Waals surface area contributed by atoms with Crippen LogP contribution in [-0.4, -0.2) is 27.3 Å². The van der Waals surface area contributed by atoms with Crippen LogP contribution in [0.2, 0.25) is 0 Å². The number of halogens is 3.